The van der Waals surface area contributed by atoms with Crippen molar-refractivity contribution in [1.29, 1.82) is 0 Å². The summed E-state index contributed by atoms with van der Waals surface area (Å²) in [6, 6.07) is 20.7. The molecule has 2 aromatic rings. The average molecular weight is 613 g/mol. The Morgan fingerprint density at radius 2 is 1.41 bits per heavy atom. The van der Waals surface area contributed by atoms with Gasteiger partial charge in [-0.1, -0.05) is 0 Å². The number of unbranched alkanes of at least 4 members (excludes halogenated alkanes) is 3. The van der Waals surface area contributed by atoms with Crippen molar-refractivity contribution in [3.05, 3.63) is 81.6 Å². The first-order valence-electron chi connectivity index (χ1n) is 14.6. The molecule has 0 radical (unpaired) electrons. The molecule has 1 fully saturated rings. The van der Waals surface area contributed by atoms with Gasteiger partial charge in [0.05, 0.1) is 0 Å². The van der Waals surface area contributed by atoms with Crippen molar-refractivity contribution in [1.82, 2.24) is 0 Å². The van der Waals surface area contributed by atoms with Crippen LogP contribution in [0.4, 0.5) is 0 Å². The summed E-state index contributed by atoms with van der Waals surface area (Å²) in [4.78, 5) is 0. The monoisotopic (exact) mass is 614 g/mol. The summed E-state index contributed by atoms with van der Waals surface area (Å²) >= 11 is -2.77. The molecule has 0 spiro atoms. The quantitative estimate of drug-likeness (QED) is 0.201. The molecule has 0 N–H and O–H groups in total. The zero-order chi connectivity index (χ0) is 25.9. The fourth-order valence-corrected chi connectivity index (χ4v) is 21.4. The molecule has 0 saturated carbocycles. The molecule has 2 aliphatic rings. The van der Waals surface area contributed by atoms with Crippen LogP contribution >= 0.6 is 0 Å². The number of benzene rings is 2. The Bertz CT molecular complexity index is 926. The van der Waals surface area contributed by atoms with E-state index in [-0.39, 0.29) is 18.3 Å². The molecule has 4 atom stereocenters. The molecule has 4 nitrogen and oxygen atoms in total. The van der Waals surface area contributed by atoms with Crippen LogP contribution in [-0.2, 0) is 25.6 Å². The Balaban J connectivity index is 1.64. The molecule has 37 heavy (non-hydrogen) atoms. The van der Waals surface area contributed by atoms with Gasteiger partial charge in [0.1, 0.15) is 0 Å². The van der Waals surface area contributed by atoms with Crippen molar-refractivity contribution in [2.45, 2.75) is 104 Å². The Labute approximate surface area is 228 Å². The summed E-state index contributed by atoms with van der Waals surface area (Å²) in [5.41, 5.74) is 2.23. The van der Waals surface area contributed by atoms with Crippen LogP contribution in [0.25, 0.3) is 0 Å². The molecule has 1 saturated heterocycles. The molecular formula is C32H46O4Sn. The number of hydrogen-bond acceptors (Lipinski definition) is 4. The number of ether oxygens (including phenoxy) is 4. The normalized spacial score (nSPS) is 23.7. The second-order valence-corrected chi connectivity index (χ2v) is 23.7. The van der Waals surface area contributed by atoms with Gasteiger partial charge < -0.3 is 0 Å². The van der Waals surface area contributed by atoms with Gasteiger partial charge in [0.25, 0.3) is 0 Å². The van der Waals surface area contributed by atoms with Crippen molar-refractivity contribution in [2.75, 3.05) is 6.61 Å². The number of rotatable bonds is 14. The molecule has 202 valence electrons. The van der Waals surface area contributed by atoms with Crippen molar-refractivity contribution < 1.29 is 18.9 Å². The summed E-state index contributed by atoms with van der Waals surface area (Å²) in [7, 11) is 0. The van der Waals surface area contributed by atoms with Gasteiger partial charge in [-0.05, 0) is 0 Å². The third-order valence-corrected chi connectivity index (χ3v) is 22.9. The van der Waals surface area contributed by atoms with Gasteiger partial charge in [-0.3, -0.25) is 0 Å². The summed E-state index contributed by atoms with van der Waals surface area (Å²) in [6.07, 6.45) is 9.18. The van der Waals surface area contributed by atoms with E-state index in [1.54, 1.807) is 0 Å². The van der Waals surface area contributed by atoms with Gasteiger partial charge in [0.2, 0.25) is 0 Å². The van der Waals surface area contributed by atoms with E-state index in [0.29, 0.717) is 13.2 Å². The SMILES string of the molecule is CCC[CH2][Sn]([CH2]CCC)([CH2]CCC)[C]1=C[C@@H](OCc2ccccc2)[C@@H]2O[C@H](c3ccccc3)OC[C@H]2O1. The predicted molar refractivity (Wildman–Crippen MR) is 153 cm³/mol. The van der Waals surface area contributed by atoms with E-state index in [0.717, 1.165) is 5.56 Å². The molecule has 2 aromatic carbocycles. The van der Waals surface area contributed by atoms with Crippen LogP contribution < -0.4 is 0 Å². The van der Waals surface area contributed by atoms with E-state index in [1.807, 2.05) is 18.2 Å². The number of hydrogen-bond donors (Lipinski definition) is 0. The Morgan fingerprint density at radius 1 is 0.811 bits per heavy atom. The van der Waals surface area contributed by atoms with Crippen LogP contribution in [0.1, 0.15) is 76.7 Å². The van der Waals surface area contributed by atoms with Gasteiger partial charge in [-0.25, -0.2) is 0 Å². The first-order valence-corrected chi connectivity index (χ1v) is 22.0. The van der Waals surface area contributed by atoms with Gasteiger partial charge in [0, 0.05) is 0 Å². The minimum absolute atomic E-state index is 0.123. The zero-order valence-corrected chi connectivity index (χ0v) is 25.9. The second kappa shape index (κ2) is 14.7. The molecule has 0 aromatic heterocycles. The van der Waals surface area contributed by atoms with Crippen LogP contribution in [0.5, 0.6) is 0 Å². The van der Waals surface area contributed by atoms with E-state index >= 15 is 0 Å². The first kappa shape index (κ1) is 28.7. The predicted octanol–water partition coefficient (Wildman–Crippen LogP) is 8.36. The van der Waals surface area contributed by atoms with Crippen molar-refractivity contribution in [3.63, 3.8) is 0 Å². The van der Waals surface area contributed by atoms with Crippen molar-refractivity contribution in [2.24, 2.45) is 0 Å². The average Bonchev–Trinajstić information content (AvgIpc) is 2.96. The molecule has 2 aliphatic heterocycles. The maximum atomic E-state index is 6.94. The molecule has 4 rings (SSSR count). The molecule has 2 heterocycles. The fourth-order valence-electron chi connectivity index (χ4n) is 5.67. The molecule has 0 bridgehead atoms. The maximum absolute atomic E-state index is 6.94. The van der Waals surface area contributed by atoms with Gasteiger partial charge in [-0.2, -0.15) is 0 Å². The van der Waals surface area contributed by atoms with Crippen molar-refractivity contribution in [3.8, 4) is 0 Å². The third-order valence-electron chi connectivity index (χ3n) is 7.88. The van der Waals surface area contributed by atoms with E-state index in [4.69, 9.17) is 18.9 Å². The Morgan fingerprint density at radius 3 is 2.00 bits per heavy atom. The number of fused-ring (bicyclic) bond motifs is 1. The van der Waals surface area contributed by atoms with Gasteiger partial charge in [-0.15, -0.1) is 0 Å². The standard InChI is InChI=1S/C20H19O4.3C4H9.Sn/c1-3-7-15(8-4-1)13-22-17-11-12-21-18-14-23-20(24-19(17)18)16-9-5-2-6-10-16;3*1-3-4-2;/h1-11,17-20H,13-14H2;3*1,3-4H2,2H3;/t17-,18-,19+,20-;;;;/m1..../s1. The zero-order valence-electron chi connectivity index (χ0n) is 23.1. The summed E-state index contributed by atoms with van der Waals surface area (Å²) in [5, 5.41) is 0. The Hall–Kier alpha value is -1.34. The van der Waals surface area contributed by atoms with Gasteiger partial charge >= 0.3 is 229 Å². The fraction of sp³-hybridized carbons (Fsp3) is 0.562. The van der Waals surface area contributed by atoms with E-state index < -0.39 is 24.7 Å². The summed E-state index contributed by atoms with van der Waals surface area (Å²) in [5.74, 6) is 0. The minimum atomic E-state index is -2.77. The summed E-state index contributed by atoms with van der Waals surface area (Å²) < 4.78 is 31.9. The topological polar surface area (TPSA) is 36.9 Å². The van der Waals surface area contributed by atoms with Crippen LogP contribution in [0.3, 0.4) is 0 Å². The van der Waals surface area contributed by atoms with Crippen LogP contribution in [-0.4, -0.2) is 43.3 Å². The molecular weight excluding hydrogens is 567 g/mol. The van der Waals surface area contributed by atoms with Crippen LogP contribution in [0.15, 0.2) is 70.5 Å². The molecule has 5 heteroatoms. The van der Waals surface area contributed by atoms with Crippen molar-refractivity contribution >= 4 is 18.4 Å². The summed E-state index contributed by atoms with van der Waals surface area (Å²) in [6.45, 7) is 8.06. The third kappa shape index (κ3) is 7.62. The molecule has 0 unspecified atom stereocenters. The van der Waals surface area contributed by atoms with Gasteiger partial charge in [0.15, 0.2) is 0 Å². The van der Waals surface area contributed by atoms with E-state index in [2.05, 4.69) is 69.3 Å². The van der Waals surface area contributed by atoms with Crippen LogP contribution in [0, 0.1) is 0 Å². The van der Waals surface area contributed by atoms with E-state index in [9.17, 15) is 0 Å². The Kier molecular flexibility index (Phi) is 11.4. The van der Waals surface area contributed by atoms with Crippen LogP contribution in [0.2, 0.25) is 13.3 Å². The first-order chi connectivity index (χ1) is 18.2. The van der Waals surface area contributed by atoms with E-state index in [1.165, 1.54) is 61.2 Å². The molecule has 0 aliphatic carbocycles. The second-order valence-electron chi connectivity index (χ2n) is 10.7. The molecule has 0 amide bonds.